The van der Waals surface area contributed by atoms with Crippen LogP contribution < -0.4 is 10.0 Å². The largest absolute Gasteiger partial charge is 0.340 e. The van der Waals surface area contributed by atoms with Crippen LogP contribution in [0, 0.1) is 5.82 Å². The fourth-order valence-corrected chi connectivity index (χ4v) is 4.77. The molecule has 0 radical (unpaired) electrons. The van der Waals surface area contributed by atoms with Crippen molar-refractivity contribution in [2.45, 2.75) is 43.2 Å². The number of sulfonamides is 1. The maximum absolute atomic E-state index is 13.1. The highest BCUT2D eigenvalue weighted by atomic mass is 32.2. The number of rotatable bonds is 4. The molecule has 2 aromatic carbocycles. The van der Waals surface area contributed by atoms with E-state index in [0.717, 1.165) is 36.8 Å². The van der Waals surface area contributed by atoms with Gasteiger partial charge in [0, 0.05) is 17.3 Å². The zero-order valence-corrected chi connectivity index (χ0v) is 15.0. The molecule has 0 aromatic heterocycles. The summed E-state index contributed by atoms with van der Waals surface area (Å²) >= 11 is 0. The summed E-state index contributed by atoms with van der Waals surface area (Å²) in [4.78, 5) is 4.69. The molecule has 2 aliphatic rings. The van der Waals surface area contributed by atoms with Crippen molar-refractivity contribution in [2.75, 3.05) is 5.32 Å². The Morgan fingerprint density at radius 3 is 2.50 bits per heavy atom. The first-order chi connectivity index (χ1) is 12.5. The Morgan fingerprint density at radius 2 is 1.77 bits per heavy atom. The molecule has 0 amide bonds. The van der Waals surface area contributed by atoms with Crippen molar-refractivity contribution in [2.24, 2.45) is 4.99 Å². The monoisotopic (exact) mass is 373 g/mol. The van der Waals surface area contributed by atoms with Crippen LogP contribution in [0.3, 0.4) is 0 Å². The van der Waals surface area contributed by atoms with E-state index in [0.29, 0.717) is 18.1 Å². The van der Waals surface area contributed by atoms with Gasteiger partial charge in [-0.25, -0.2) is 17.5 Å². The molecule has 5 nitrogen and oxygen atoms in total. The Balaban J connectivity index is 1.58. The predicted molar refractivity (Wildman–Crippen MR) is 99.3 cm³/mol. The molecular weight excluding hydrogens is 353 g/mol. The lowest BCUT2D eigenvalue weighted by molar-refractivity contribution is 0.552. The Labute approximate surface area is 152 Å². The molecule has 4 rings (SSSR count). The number of hydrogen-bond donors (Lipinski definition) is 2. The van der Waals surface area contributed by atoms with Crippen molar-refractivity contribution in [3.05, 3.63) is 59.4 Å². The average Bonchev–Trinajstić information content (AvgIpc) is 3.26. The van der Waals surface area contributed by atoms with Crippen molar-refractivity contribution in [3.63, 3.8) is 0 Å². The van der Waals surface area contributed by atoms with Gasteiger partial charge in [-0.1, -0.05) is 18.9 Å². The van der Waals surface area contributed by atoms with E-state index in [4.69, 9.17) is 0 Å². The SMILES string of the molecule is O=S(=O)(NC1CCCC1)c1ccc2c(c1)C(Nc1ccc(F)cc1)=NC2. The zero-order chi connectivity index (χ0) is 18.1. The molecule has 0 spiro atoms. The van der Waals surface area contributed by atoms with Crippen LogP contribution in [0.2, 0.25) is 0 Å². The van der Waals surface area contributed by atoms with Crippen LogP contribution in [0.5, 0.6) is 0 Å². The summed E-state index contributed by atoms with van der Waals surface area (Å²) in [6.45, 7) is 0.495. The topological polar surface area (TPSA) is 70.6 Å². The van der Waals surface area contributed by atoms with Crippen LogP contribution in [0.1, 0.15) is 36.8 Å². The fraction of sp³-hybridized carbons (Fsp3) is 0.316. The maximum Gasteiger partial charge on any atom is 0.240 e. The van der Waals surface area contributed by atoms with E-state index < -0.39 is 10.0 Å². The summed E-state index contributed by atoms with van der Waals surface area (Å²) in [5, 5.41) is 3.14. The third kappa shape index (κ3) is 3.50. The van der Waals surface area contributed by atoms with Crippen LogP contribution in [-0.4, -0.2) is 20.3 Å². The molecular formula is C19H20FN3O2S. The first-order valence-corrected chi connectivity index (χ1v) is 10.2. The van der Waals surface area contributed by atoms with Gasteiger partial charge in [-0.15, -0.1) is 0 Å². The Morgan fingerprint density at radius 1 is 1.04 bits per heavy atom. The third-order valence-corrected chi connectivity index (χ3v) is 6.36. The molecule has 2 aromatic rings. The minimum Gasteiger partial charge on any atom is -0.340 e. The van der Waals surface area contributed by atoms with E-state index in [1.807, 2.05) is 0 Å². The van der Waals surface area contributed by atoms with E-state index >= 15 is 0 Å². The van der Waals surface area contributed by atoms with Gasteiger partial charge in [0.15, 0.2) is 0 Å². The molecule has 1 heterocycles. The molecule has 1 aliphatic carbocycles. The number of amidine groups is 1. The Kier molecular flexibility index (Phi) is 4.50. The van der Waals surface area contributed by atoms with E-state index in [9.17, 15) is 12.8 Å². The summed E-state index contributed by atoms with van der Waals surface area (Å²) in [6, 6.07) is 11.1. The van der Waals surface area contributed by atoms with Crippen molar-refractivity contribution in [3.8, 4) is 0 Å². The van der Waals surface area contributed by atoms with Gasteiger partial charge in [0.1, 0.15) is 11.7 Å². The van der Waals surface area contributed by atoms with E-state index in [-0.39, 0.29) is 16.8 Å². The molecule has 1 aliphatic heterocycles. The molecule has 1 saturated carbocycles. The molecule has 26 heavy (non-hydrogen) atoms. The van der Waals surface area contributed by atoms with Gasteiger partial charge in [-0.05, 0) is 54.8 Å². The summed E-state index contributed by atoms with van der Waals surface area (Å²) < 4.78 is 41.2. The summed E-state index contributed by atoms with van der Waals surface area (Å²) in [5.41, 5.74) is 2.44. The number of nitrogens with zero attached hydrogens (tertiary/aromatic N) is 1. The molecule has 136 valence electrons. The van der Waals surface area contributed by atoms with Gasteiger partial charge < -0.3 is 5.32 Å². The van der Waals surface area contributed by atoms with E-state index in [1.54, 1.807) is 30.3 Å². The molecule has 0 saturated heterocycles. The van der Waals surface area contributed by atoms with Crippen LogP contribution in [0.25, 0.3) is 0 Å². The van der Waals surface area contributed by atoms with Crippen LogP contribution >= 0.6 is 0 Å². The second kappa shape index (κ2) is 6.81. The van der Waals surface area contributed by atoms with Crippen molar-refractivity contribution in [1.29, 1.82) is 0 Å². The predicted octanol–water partition coefficient (Wildman–Crippen LogP) is 3.42. The summed E-state index contributed by atoms with van der Waals surface area (Å²) in [7, 11) is -3.55. The second-order valence-electron chi connectivity index (χ2n) is 6.72. The zero-order valence-electron chi connectivity index (χ0n) is 14.2. The number of aliphatic imine (C=N–C) groups is 1. The number of anilines is 1. The van der Waals surface area contributed by atoms with Crippen LogP contribution in [0.4, 0.5) is 10.1 Å². The highest BCUT2D eigenvalue weighted by Gasteiger charge is 2.25. The molecule has 2 N–H and O–H groups in total. The molecule has 0 unspecified atom stereocenters. The average molecular weight is 373 g/mol. The first kappa shape index (κ1) is 17.2. The maximum atomic E-state index is 13.1. The highest BCUT2D eigenvalue weighted by Crippen LogP contribution is 2.25. The standard InChI is InChI=1S/C19H20FN3O2S/c20-14-6-8-15(9-7-14)22-19-18-11-17(10-5-13(18)12-21-19)26(24,25)23-16-3-1-2-4-16/h5-11,16,23H,1-4,12H2,(H,21,22). The molecule has 0 bridgehead atoms. The van der Waals surface area contributed by atoms with Crippen molar-refractivity contribution in [1.82, 2.24) is 4.72 Å². The normalized spacial score (nSPS) is 17.2. The number of fused-ring (bicyclic) bond motifs is 1. The fourth-order valence-electron chi connectivity index (χ4n) is 3.44. The lowest BCUT2D eigenvalue weighted by atomic mass is 10.1. The van der Waals surface area contributed by atoms with Crippen LogP contribution in [0.15, 0.2) is 52.4 Å². The first-order valence-electron chi connectivity index (χ1n) is 8.74. The van der Waals surface area contributed by atoms with E-state index in [1.165, 1.54) is 12.1 Å². The van der Waals surface area contributed by atoms with Crippen molar-refractivity contribution >= 4 is 21.5 Å². The Bertz CT molecular complexity index is 949. The number of hydrogen-bond acceptors (Lipinski definition) is 4. The number of benzene rings is 2. The van der Waals surface area contributed by atoms with Crippen LogP contribution in [-0.2, 0) is 16.6 Å². The van der Waals surface area contributed by atoms with E-state index in [2.05, 4.69) is 15.0 Å². The van der Waals surface area contributed by atoms with Gasteiger partial charge in [0.05, 0.1) is 11.4 Å². The van der Waals surface area contributed by atoms with Gasteiger partial charge in [0.2, 0.25) is 10.0 Å². The minimum atomic E-state index is -3.55. The van der Waals surface area contributed by atoms with Gasteiger partial charge in [0.25, 0.3) is 0 Å². The second-order valence-corrected chi connectivity index (χ2v) is 8.43. The molecule has 0 atom stereocenters. The number of halogens is 1. The Hall–Kier alpha value is -2.25. The number of nitrogens with one attached hydrogen (secondary N) is 2. The minimum absolute atomic E-state index is 0.0266. The quantitative estimate of drug-likeness (QED) is 0.863. The summed E-state index contributed by atoms with van der Waals surface area (Å²) in [5.74, 6) is 0.292. The molecule has 1 fully saturated rings. The van der Waals surface area contributed by atoms with Gasteiger partial charge in [-0.3, -0.25) is 4.99 Å². The van der Waals surface area contributed by atoms with Crippen molar-refractivity contribution < 1.29 is 12.8 Å². The lowest BCUT2D eigenvalue weighted by Gasteiger charge is -2.14. The van der Waals surface area contributed by atoms with Gasteiger partial charge >= 0.3 is 0 Å². The third-order valence-electron chi connectivity index (χ3n) is 4.84. The lowest BCUT2D eigenvalue weighted by Crippen LogP contribution is -2.32. The highest BCUT2D eigenvalue weighted by molar-refractivity contribution is 7.89. The smallest absolute Gasteiger partial charge is 0.240 e. The van der Waals surface area contributed by atoms with Gasteiger partial charge in [-0.2, -0.15) is 0 Å². The summed E-state index contributed by atoms with van der Waals surface area (Å²) in [6.07, 6.45) is 3.91. The molecule has 7 heteroatoms.